The van der Waals surface area contributed by atoms with Crippen LogP contribution in [0, 0.1) is 6.92 Å². The molecule has 1 unspecified atom stereocenters. The van der Waals surface area contributed by atoms with Gasteiger partial charge < -0.3 is 19.3 Å². The van der Waals surface area contributed by atoms with Crippen molar-refractivity contribution in [2.45, 2.75) is 32.3 Å². The van der Waals surface area contributed by atoms with Crippen LogP contribution in [0.2, 0.25) is 0 Å². The number of rotatable bonds is 6. The maximum absolute atomic E-state index is 12.3. The Kier molecular flexibility index (Phi) is 4.73. The van der Waals surface area contributed by atoms with E-state index in [0.717, 1.165) is 12.8 Å². The van der Waals surface area contributed by atoms with Crippen molar-refractivity contribution in [2.24, 2.45) is 0 Å². The number of amides is 1. The van der Waals surface area contributed by atoms with E-state index in [0.29, 0.717) is 18.9 Å². The van der Waals surface area contributed by atoms with E-state index < -0.39 is 5.97 Å². The average Bonchev–Trinajstić information content (AvgIpc) is 3.04. The molecule has 1 aliphatic heterocycles. The van der Waals surface area contributed by atoms with Crippen molar-refractivity contribution in [3.8, 4) is 0 Å². The summed E-state index contributed by atoms with van der Waals surface area (Å²) in [5.74, 6) is -0.714. The highest BCUT2D eigenvalue weighted by Gasteiger charge is 2.25. The largest absolute Gasteiger partial charge is 0.481 e. The number of aryl methyl sites for hydroxylation is 1. The van der Waals surface area contributed by atoms with Crippen molar-refractivity contribution >= 4 is 11.9 Å². The van der Waals surface area contributed by atoms with E-state index in [-0.39, 0.29) is 30.7 Å². The lowest BCUT2D eigenvalue weighted by molar-refractivity contribution is -0.137. The van der Waals surface area contributed by atoms with E-state index in [2.05, 4.69) is 5.16 Å². The number of aliphatic carboxylic acids is 1. The zero-order chi connectivity index (χ0) is 14.5. The van der Waals surface area contributed by atoms with Crippen molar-refractivity contribution in [2.75, 3.05) is 19.7 Å². The second-order valence-corrected chi connectivity index (χ2v) is 4.85. The molecule has 110 valence electrons. The fraction of sp³-hybridized carbons (Fsp3) is 0.615. The van der Waals surface area contributed by atoms with Crippen molar-refractivity contribution in [1.29, 1.82) is 0 Å². The molecule has 0 aromatic carbocycles. The van der Waals surface area contributed by atoms with Crippen LogP contribution in [0.3, 0.4) is 0 Å². The Morgan fingerprint density at radius 3 is 2.90 bits per heavy atom. The van der Waals surface area contributed by atoms with Crippen LogP contribution in [0.4, 0.5) is 0 Å². The molecular formula is C13H18N2O5. The smallest absolute Gasteiger partial charge is 0.305 e. The van der Waals surface area contributed by atoms with Gasteiger partial charge in [-0.2, -0.15) is 0 Å². The Morgan fingerprint density at radius 1 is 1.55 bits per heavy atom. The molecule has 1 aromatic rings. The van der Waals surface area contributed by atoms with Crippen molar-refractivity contribution in [1.82, 2.24) is 10.1 Å². The lowest BCUT2D eigenvalue weighted by atomic mass is 10.2. The van der Waals surface area contributed by atoms with E-state index in [9.17, 15) is 9.59 Å². The number of carbonyl (C=O) groups excluding carboxylic acids is 1. The summed E-state index contributed by atoms with van der Waals surface area (Å²) in [7, 11) is 0. The SMILES string of the molecule is Cc1cc(C(=O)N(CCC(=O)O)CC2CCCO2)no1. The molecule has 1 amide bonds. The van der Waals surface area contributed by atoms with Crippen LogP contribution in [0.1, 0.15) is 35.5 Å². The standard InChI is InChI=1S/C13H18N2O5/c1-9-7-11(14-20-9)13(18)15(5-4-12(16)17)8-10-3-2-6-19-10/h7,10H,2-6,8H2,1H3,(H,16,17). The summed E-state index contributed by atoms with van der Waals surface area (Å²) in [6, 6.07) is 1.55. The van der Waals surface area contributed by atoms with E-state index in [1.165, 1.54) is 4.90 Å². The first-order valence-electron chi connectivity index (χ1n) is 6.62. The molecule has 1 saturated heterocycles. The van der Waals surface area contributed by atoms with Crippen molar-refractivity contribution in [3.05, 3.63) is 17.5 Å². The minimum absolute atomic E-state index is 0.0271. The molecule has 20 heavy (non-hydrogen) atoms. The summed E-state index contributed by atoms with van der Waals surface area (Å²) >= 11 is 0. The molecule has 7 nitrogen and oxygen atoms in total. The number of hydrogen-bond acceptors (Lipinski definition) is 5. The summed E-state index contributed by atoms with van der Waals surface area (Å²) in [4.78, 5) is 24.5. The second kappa shape index (κ2) is 6.51. The summed E-state index contributed by atoms with van der Waals surface area (Å²) < 4.78 is 10.4. The van der Waals surface area contributed by atoms with Crippen LogP contribution in [0.25, 0.3) is 0 Å². The van der Waals surface area contributed by atoms with Gasteiger partial charge in [-0.15, -0.1) is 0 Å². The quantitative estimate of drug-likeness (QED) is 0.839. The fourth-order valence-electron chi connectivity index (χ4n) is 2.17. The van der Waals surface area contributed by atoms with Crippen LogP contribution < -0.4 is 0 Å². The Bertz CT molecular complexity index is 479. The van der Waals surface area contributed by atoms with Gasteiger partial charge in [0, 0.05) is 25.8 Å². The van der Waals surface area contributed by atoms with Gasteiger partial charge in [-0.25, -0.2) is 0 Å². The Balaban J connectivity index is 2.03. The molecule has 1 atom stereocenters. The molecule has 1 aromatic heterocycles. The Hall–Kier alpha value is -1.89. The first-order valence-corrected chi connectivity index (χ1v) is 6.62. The van der Waals surface area contributed by atoms with Gasteiger partial charge in [0.05, 0.1) is 12.5 Å². The summed E-state index contributed by atoms with van der Waals surface area (Å²) in [6.07, 6.45) is 1.72. The number of nitrogens with zero attached hydrogens (tertiary/aromatic N) is 2. The third-order valence-corrected chi connectivity index (χ3v) is 3.18. The number of hydrogen-bond donors (Lipinski definition) is 1. The number of aromatic nitrogens is 1. The van der Waals surface area contributed by atoms with E-state index in [1.54, 1.807) is 13.0 Å². The molecule has 0 aliphatic carbocycles. The molecule has 1 fully saturated rings. The summed E-state index contributed by atoms with van der Waals surface area (Å²) in [6.45, 7) is 2.91. The van der Waals surface area contributed by atoms with Gasteiger partial charge in [0.25, 0.3) is 5.91 Å². The lowest BCUT2D eigenvalue weighted by Gasteiger charge is -2.23. The van der Waals surface area contributed by atoms with E-state index in [1.807, 2.05) is 0 Å². The first kappa shape index (κ1) is 14.5. The molecule has 1 aliphatic rings. The van der Waals surface area contributed by atoms with Crippen LogP contribution >= 0.6 is 0 Å². The van der Waals surface area contributed by atoms with Crippen LogP contribution in [-0.2, 0) is 9.53 Å². The summed E-state index contributed by atoms with van der Waals surface area (Å²) in [5, 5.41) is 12.5. The molecule has 7 heteroatoms. The molecule has 2 heterocycles. The van der Waals surface area contributed by atoms with Gasteiger partial charge in [-0.3, -0.25) is 9.59 Å². The molecule has 0 saturated carbocycles. The second-order valence-electron chi connectivity index (χ2n) is 4.85. The van der Waals surface area contributed by atoms with Crippen LogP contribution in [0.15, 0.2) is 10.6 Å². The fourth-order valence-corrected chi connectivity index (χ4v) is 2.17. The zero-order valence-corrected chi connectivity index (χ0v) is 11.4. The number of carboxylic acid groups (broad SMARTS) is 1. The van der Waals surface area contributed by atoms with Gasteiger partial charge in [0.15, 0.2) is 5.69 Å². The Morgan fingerprint density at radius 2 is 2.35 bits per heavy atom. The van der Waals surface area contributed by atoms with E-state index in [4.69, 9.17) is 14.4 Å². The zero-order valence-electron chi connectivity index (χ0n) is 11.4. The third-order valence-electron chi connectivity index (χ3n) is 3.18. The molecule has 0 bridgehead atoms. The van der Waals surface area contributed by atoms with Crippen LogP contribution in [0.5, 0.6) is 0 Å². The van der Waals surface area contributed by atoms with Crippen molar-refractivity contribution < 1.29 is 24.0 Å². The molecule has 2 rings (SSSR count). The third kappa shape index (κ3) is 3.80. The lowest BCUT2D eigenvalue weighted by Crippen LogP contribution is -2.39. The molecular weight excluding hydrogens is 264 g/mol. The molecule has 0 radical (unpaired) electrons. The van der Waals surface area contributed by atoms with Crippen molar-refractivity contribution in [3.63, 3.8) is 0 Å². The average molecular weight is 282 g/mol. The van der Waals surface area contributed by atoms with Gasteiger partial charge in [-0.1, -0.05) is 5.16 Å². The van der Waals surface area contributed by atoms with Gasteiger partial charge >= 0.3 is 5.97 Å². The van der Waals surface area contributed by atoms with Gasteiger partial charge in [-0.05, 0) is 19.8 Å². The van der Waals surface area contributed by atoms with Gasteiger partial charge in [0.1, 0.15) is 5.76 Å². The predicted molar refractivity (Wildman–Crippen MR) is 68.4 cm³/mol. The molecule has 1 N–H and O–H groups in total. The predicted octanol–water partition coefficient (Wildman–Crippen LogP) is 1.08. The number of ether oxygens (including phenoxy) is 1. The first-order chi connectivity index (χ1) is 9.56. The monoisotopic (exact) mass is 282 g/mol. The number of carbonyl (C=O) groups is 2. The number of carboxylic acids is 1. The maximum atomic E-state index is 12.3. The van der Waals surface area contributed by atoms with Crippen LogP contribution in [-0.4, -0.2) is 52.8 Å². The highest BCUT2D eigenvalue weighted by Crippen LogP contribution is 2.15. The van der Waals surface area contributed by atoms with E-state index >= 15 is 0 Å². The maximum Gasteiger partial charge on any atom is 0.305 e. The topological polar surface area (TPSA) is 92.9 Å². The molecule has 0 spiro atoms. The normalized spacial score (nSPS) is 18.1. The minimum Gasteiger partial charge on any atom is -0.481 e. The highest BCUT2D eigenvalue weighted by atomic mass is 16.5. The van der Waals surface area contributed by atoms with Gasteiger partial charge in [0.2, 0.25) is 0 Å². The Labute approximate surface area is 116 Å². The summed E-state index contributed by atoms with van der Waals surface area (Å²) in [5.41, 5.74) is 0.200. The highest BCUT2D eigenvalue weighted by molar-refractivity contribution is 5.92. The minimum atomic E-state index is -0.938.